The Hall–Kier alpha value is -3.36. The highest BCUT2D eigenvalue weighted by Gasteiger charge is 2.34. The summed E-state index contributed by atoms with van der Waals surface area (Å²) < 4.78 is 53.2. The van der Waals surface area contributed by atoms with Gasteiger partial charge in [-0.15, -0.1) is 0 Å². The van der Waals surface area contributed by atoms with Gasteiger partial charge in [-0.1, -0.05) is 0 Å². The van der Waals surface area contributed by atoms with Crippen LogP contribution in [0.15, 0.2) is 48.7 Å². The minimum atomic E-state index is -4.90. The topological polar surface area (TPSA) is 63.1 Å². The quantitative estimate of drug-likeness (QED) is 0.652. The number of halogens is 4. The van der Waals surface area contributed by atoms with Gasteiger partial charge in [-0.3, -0.25) is 10.1 Å². The molecule has 0 aliphatic carbocycles. The van der Waals surface area contributed by atoms with Crippen LogP contribution in [0.2, 0.25) is 0 Å². The summed E-state index contributed by atoms with van der Waals surface area (Å²) in [5.74, 6) is -2.18. The van der Waals surface area contributed by atoms with Gasteiger partial charge < -0.3 is 9.88 Å². The van der Waals surface area contributed by atoms with E-state index in [1.807, 2.05) is 23.1 Å². The molecule has 5 nitrogen and oxygen atoms in total. The summed E-state index contributed by atoms with van der Waals surface area (Å²) in [6, 6.07) is 7.57. The molecular formula is C18H13F4N3O2. The number of aromatic nitrogens is 1. The van der Waals surface area contributed by atoms with Crippen molar-refractivity contribution in [3.63, 3.8) is 0 Å². The number of benzene rings is 2. The number of alkyl halides is 3. The van der Waals surface area contributed by atoms with Gasteiger partial charge in [0.05, 0.1) is 5.56 Å². The second kappa shape index (κ2) is 6.75. The van der Waals surface area contributed by atoms with Crippen LogP contribution in [0.25, 0.3) is 10.9 Å². The van der Waals surface area contributed by atoms with Crippen LogP contribution in [0.5, 0.6) is 0 Å². The first-order valence-electron chi connectivity index (χ1n) is 7.69. The normalized spacial score (nSPS) is 11.4. The van der Waals surface area contributed by atoms with Gasteiger partial charge in [0.1, 0.15) is 5.82 Å². The van der Waals surface area contributed by atoms with Crippen LogP contribution in [-0.4, -0.2) is 16.5 Å². The third-order valence-corrected chi connectivity index (χ3v) is 3.90. The smallest absolute Gasteiger partial charge is 0.351 e. The Morgan fingerprint density at radius 3 is 2.48 bits per heavy atom. The van der Waals surface area contributed by atoms with Gasteiger partial charge in [0, 0.05) is 35.4 Å². The van der Waals surface area contributed by atoms with E-state index >= 15 is 0 Å². The fraction of sp³-hybridized carbons (Fsp3) is 0.111. The number of nitrogens with one attached hydrogen (secondary N) is 2. The number of amides is 3. The van der Waals surface area contributed by atoms with Gasteiger partial charge in [0.15, 0.2) is 0 Å². The summed E-state index contributed by atoms with van der Waals surface area (Å²) >= 11 is 0. The minimum absolute atomic E-state index is 0.207. The van der Waals surface area contributed by atoms with E-state index in [9.17, 15) is 27.2 Å². The van der Waals surface area contributed by atoms with Crippen molar-refractivity contribution in [2.75, 3.05) is 5.32 Å². The molecule has 140 valence electrons. The Morgan fingerprint density at radius 2 is 1.78 bits per heavy atom. The van der Waals surface area contributed by atoms with E-state index in [0.717, 1.165) is 17.0 Å². The number of hydrogen-bond acceptors (Lipinski definition) is 2. The molecule has 3 amide bonds. The van der Waals surface area contributed by atoms with Crippen molar-refractivity contribution in [3.8, 4) is 0 Å². The lowest BCUT2D eigenvalue weighted by Crippen LogP contribution is -2.34. The van der Waals surface area contributed by atoms with Crippen molar-refractivity contribution in [2.45, 2.75) is 6.18 Å². The molecule has 0 spiro atoms. The molecule has 0 saturated heterocycles. The lowest BCUT2D eigenvalue weighted by Gasteiger charge is -2.11. The maximum Gasteiger partial charge on any atom is 0.419 e. The fourth-order valence-electron chi connectivity index (χ4n) is 2.58. The number of hydrogen-bond donors (Lipinski definition) is 2. The third kappa shape index (κ3) is 3.91. The van der Waals surface area contributed by atoms with Crippen molar-refractivity contribution in [1.82, 2.24) is 9.88 Å². The highest BCUT2D eigenvalue weighted by atomic mass is 19.4. The molecule has 2 aromatic carbocycles. The van der Waals surface area contributed by atoms with Gasteiger partial charge in [-0.25, -0.2) is 9.18 Å². The fourth-order valence-corrected chi connectivity index (χ4v) is 2.58. The molecule has 3 aromatic rings. The maximum atomic E-state index is 13.3. The zero-order chi connectivity index (χ0) is 19.8. The van der Waals surface area contributed by atoms with Crippen LogP contribution in [0, 0.1) is 5.82 Å². The number of fused-ring (bicyclic) bond motifs is 1. The molecule has 0 atom stereocenters. The average Bonchev–Trinajstić information content (AvgIpc) is 2.96. The van der Waals surface area contributed by atoms with Crippen molar-refractivity contribution in [2.24, 2.45) is 7.05 Å². The molecule has 27 heavy (non-hydrogen) atoms. The monoisotopic (exact) mass is 379 g/mol. The summed E-state index contributed by atoms with van der Waals surface area (Å²) in [6.07, 6.45) is -3.09. The molecule has 1 heterocycles. The van der Waals surface area contributed by atoms with E-state index in [-0.39, 0.29) is 11.3 Å². The molecule has 3 rings (SSSR count). The van der Waals surface area contributed by atoms with E-state index in [1.54, 1.807) is 18.2 Å². The summed E-state index contributed by atoms with van der Waals surface area (Å²) in [7, 11) is 1.84. The average molecular weight is 379 g/mol. The van der Waals surface area contributed by atoms with Gasteiger partial charge in [0.2, 0.25) is 0 Å². The number of carbonyl (C=O) groups is 2. The molecule has 0 radical (unpaired) electrons. The third-order valence-electron chi connectivity index (χ3n) is 3.90. The Kier molecular flexibility index (Phi) is 4.61. The largest absolute Gasteiger partial charge is 0.419 e. The van der Waals surface area contributed by atoms with Crippen molar-refractivity contribution < 1.29 is 27.2 Å². The summed E-state index contributed by atoms with van der Waals surface area (Å²) in [5.41, 5.74) is -0.713. The van der Waals surface area contributed by atoms with Gasteiger partial charge >= 0.3 is 12.2 Å². The first kappa shape index (κ1) is 18.4. The molecule has 0 saturated carbocycles. The second-order valence-electron chi connectivity index (χ2n) is 5.80. The molecule has 2 N–H and O–H groups in total. The van der Waals surface area contributed by atoms with E-state index < -0.39 is 29.5 Å². The van der Waals surface area contributed by atoms with Crippen LogP contribution in [0.3, 0.4) is 0 Å². The Bertz CT molecular complexity index is 1040. The van der Waals surface area contributed by atoms with Crippen molar-refractivity contribution >= 4 is 28.5 Å². The highest BCUT2D eigenvalue weighted by Crippen LogP contribution is 2.32. The van der Waals surface area contributed by atoms with E-state index in [1.165, 1.54) is 6.07 Å². The number of aryl methyl sites for hydroxylation is 1. The van der Waals surface area contributed by atoms with Gasteiger partial charge in [-0.05, 0) is 42.5 Å². The standard InChI is InChI=1S/C18H13F4N3O2/c1-25-7-6-10-8-11(2-5-15(10)25)16(26)24-17(27)23-12-3-4-14(19)13(9-12)18(20,21)22/h2-9H,1H3,(H2,23,24,26,27). The predicted octanol–water partition coefficient (Wildman–Crippen LogP) is 4.30. The summed E-state index contributed by atoms with van der Waals surface area (Å²) in [4.78, 5) is 24.0. The zero-order valence-corrected chi connectivity index (χ0v) is 13.9. The second-order valence-corrected chi connectivity index (χ2v) is 5.80. The number of imide groups is 1. The molecule has 0 fully saturated rings. The van der Waals surface area contributed by atoms with E-state index in [2.05, 4.69) is 5.32 Å². The number of urea groups is 1. The lowest BCUT2D eigenvalue weighted by atomic mass is 10.1. The first-order valence-corrected chi connectivity index (χ1v) is 7.69. The number of anilines is 1. The molecule has 0 bridgehead atoms. The van der Waals surface area contributed by atoms with Gasteiger partial charge in [0.25, 0.3) is 5.91 Å². The predicted molar refractivity (Wildman–Crippen MR) is 90.8 cm³/mol. The van der Waals surface area contributed by atoms with Crippen LogP contribution in [0.1, 0.15) is 15.9 Å². The Labute approximate surface area is 150 Å². The Balaban J connectivity index is 1.72. The SMILES string of the molecule is Cn1ccc2cc(C(=O)NC(=O)Nc3ccc(F)c(C(F)(F)F)c3)ccc21. The highest BCUT2D eigenvalue weighted by molar-refractivity contribution is 6.09. The van der Waals surface area contributed by atoms with E-state index in [0.29, 0.717) is 12.1 Å². The molecule has 0 aliphatic heterocycles. The number of carbonyl (C=O) groups excluding carboxylic acids is 2. The number of nitrogens with zero attached hydrogens (tertiary/aromatic N) is 1. The van der Waals surface area contributed by atoms with Crippen LogP contribution >= 0.6 is 0 Å². The maximum absolute atomic E-state index is 13.3. The van der Waals surface area contributed by atoms with Crippen LogP contribution in [0.4, 0.5) is 28.0 Å². The first-order chi connectivity index (χ1) is 12.6. The van der Waals surface area contributed by atoms with E-state index in [4.69, 9.17) is 0 Å². The molecule has 0 aliphatic rings. The number of rotatable bonds is 2. The van der Waals surface area contributed by atoms with Crippen LogP contribution < -0.4 is 10.6 Å². The zero-order valence-electron chi connectivity index (χ0n) is 13.9. The van der Waals surface area contributed by atoms with Crippen molar-refractivity contribution in [3.05, 3.63) is 65.6 Å². The summed E-state index contributed by atoms with van der Waals surface area (Å²) in [5, 5.41) is 4.89. The molecule has 9 heteroatoms. The molecular weight excluding hydrogens is 366 g/mol. The summed E-state index contributed by atoms with van der Waals surface area (Å²) in [6.45, 7) is 0. The van der Waals surface area contributed by atoms with Crippen molar-refractivity contribution in [1.29, 1.82) is 0 Å². The van der Waals surface area contributed by atoms with Gasteiger partial charge in [-0.2, -0.15) is 13.2 Å². The molecule has 1 aromatic heterocycles. The minimum Gasteiger partial charge on any atom is -0.351 e. The Morgan fingerprint density at radius 1 is 1.04 bits per heavy atom. The lowest BCUT2D eigenvalue weighted by molar-refractivity contribution is -0.139. The van der Waals surface area contributed by atoms with Crippen LogP contribution in [-0.2, 0) is 13.2 Å². The molecule has 0 unspecified atom stereocenters.